The van der Waals surface area contributed by atoms with Gasteiger partial charge in [-0.2, -0.15) is 15.2 Å². The fraction of sp³-hybridized carbons (Fsp3) is 0.533. The third-order valence-corrected chi connectivity index (χ3v) is 4.94. The highest BCUT2D eigenvalue weighted by molar-refractivity contribution is 5.82. The number of rotatable bonds is 7. The van der Waals surface area contributed by atoms with Crippen LogP contribution in [-0.4, -0.2) is 93.5 Å². The van der Waals surface area contributed by atoms with Crippen LogP contribution in [0.4, 0.5) is 5.82 Å². The zero-order chi connectivity index (χ0) is 22.3. The lowest BCUT2D eigenvalue weighted by molar-refractivity contribution is -0.174. The third-order valence-electron chi connectivity index (χ3n) is 4.94. The number of aromatic amines is 1. The predicted octanol–water partition coefficient (Wildman–Crippen LogP) is -2.43. The van der Waals surface area contributed by atoms with Gasteiger partial charge in [0.15, 0.2) is 23.2 Å². The van der Waals surface area contributed by atoms with E-state index in [0.29, 0.717) is 0 Å². The number of aliphatic hydroxyl groups excluding tert-OH is 2. The Morgan fingerprint density at radius 2 is 2.16 bits per heavy atom. The molecule has 16 heteroatoms. The van der Waals surface area contributed by atoms with Crippen LogP contribution in [0.1, 0.15) is 19.0 Å². The zero-order valence-corrected chi connectivity index (χ0v) is 16.3. The van der Waals surface area contributed by atoms with Crippen LogP contribution in [0.2, 0.25) is 0 Å². The van der Waals surface area contributed by atoms with Crippen molar-refractivity contribution in [1.29, 1.82) is 0 Å². The molecule has 4 heterocycles. The molecule has 0 amide bonds. The highest BCUT2D eigenvalue weighted by Gasteiger charge is 2.47. The molecule has 0 radical (unpaired) electrons. The number of nitrogens with zero attached hydrogens (tertiary/aromatic N) is 7. The number of nitrogens with two attached hydrogens (primary N) is 1. The summed E-state index contributed by atoms with van der Waals surface area (Å²) in [6.45, 7) is 0.823. The van der Waals surface area contributed by atoms with Crippen molar-refractivity contribution < 1.29 is 34.3 Å². The minimum atomic E-state index is -1.96. The molecule has 3 aromatic rings. The first-order valence-electron chi connectivity index (χ1n) is 8.93. The van der Waals surface area contributed by atoms with E-state index in [9.17, 15) is 20.1 Å². The lowest BCUT2D eigenvalue weighted by Crippen LogP contribution is -2.41. The van der Waals surface area contributed by atoms with Crippen molar-refractivity contribution in [3.05, 3.63) is 12.2 Å². The van der Waals surface area contributed by atoms with E-state index in [1.54, 1.807) is 0 Å². The Morgan fingerprint density at radius 1 is 1.39 bits per heavy atom. The molecule has 166 valence electrons. The number of aliphatic carboxylic acids is 1. The number of carboxylic acid groups (broad SMARTS) is 1. The molecule has 0 saturated carbocycles. The number of aliphatic hydroxyl groups is 2. The number of hydrogen-bond donors (Lipinski definition) is 5. The molecule has 16 nitrogen and oxygen atoms in total. The van der Waals surface area contributed by atoms with E-state index in [1.165, 1.54) is 24.9 Å². The Balaban J connectivity index is 1.57. The van der Waals surface area contributed by atoms with E-state index < -0.39 is 42.7 Å². The van der Waals surface area contributed by atoms with Gasteiger partial charge in [-0.25, -0.2) is 9.78 Å². The van der Waals surface area contributed by atoms with E-state index in [4.69, 9.17) is 19.9 Å². The van der Waals surface area contributed by atoms with Gasteiger partial charge >= 0.3 is 12.0 Å². The predicted molar refractivity (Wildman–Crippen MR) is 97.3 cm³/mol. The number of ether oxygens (including phenoxy) is 3. The van der Waals surface area contributed by atoms with Gasteiger partial charge in [-0.3, -0.25) is 4.57 Å². The standard InChI is InChI=1S/C15H19N9O7/c1-15(13(27)28,12-20-22-23-21-12)30-3-5-7(25)8(26)11(31-5)24-4-17-6-9(16)18-14(29-2)19-10(6)24/h4-5,7-8,11,25-26H,3H2,1-2H3,(H,27,28)(H2,16,18,19)(H,20,21,22,23)/t5-,7-,8-,11-,15?/m1/s1. The van der Waals surface area contributed by atoms with E-state index in [1.807, 2.05) is 0 Å². The van der Waals surface area contributed by atoms with Crippen LogP contribution in [-0.2, 0) is 19.9 Å². The van der Waals surface area contributed by atoms with Crippen LogP contribution in [0.25, 0.3) is 11.2 Å². The van der Waals surface area contributed by atoms with E-state index >= 15 is 0 Å². The fourth-order valence-corrected chi connectivity index (χ4v) is 3.13. The molecule has 31 heavy (non-hydrogen) atoms. The average molecular weight is 437 g/mol. The van der Waals surface area contributed by atoms with Gasteiger partial charge in [0.25, 0.3) is 0 Å². The number of tetrazole rings is 1. The number of nitrogens with one attached hydrogen (secondary N) is 1. The lowest BCUT2D eigenvalue weighted by Gasteiger charge is -2.24. The number of H-pyrrole nitrogens is 1. The summed E-state index contributed by atoms with van der Waals surface area (Å²) >= 11 is 0. The molecule has 0 spiro atoms. The van der Waals surface area contributed by atoms with Crippen molar-refractivity contribution in [2.45, 2.75) is 37.1 Å². The normalized spacial score (nSPS) is 25.5. The molecule has 5 atom stereocenters. The third kappa shape index (κ3) is 3.40. The Labute approximate surface area is 173 Å². The maximum atomic E-state index is 11.7. The van der Waals surface area contributed by atoms with Crippen molar-refractivity contribution >= 4 is 23.0 Å². The van der Waals surface area contributed by atoms with Crippen LogP contribution in [0.3, 0.4) is 0 Å². The first-order valence-corrected chi connectivity index (χ1v) is 8.93. The van der Waals surface area contributed by atoms with Crippen LogP contribution >= 0.6 is 0 Å². The molecule has 1 aliphatic rings. The molecule has 0 aliphatic carbocycles. The van der Waals surface area contributed by atoms with Crippen LogP contribution in [0.5, 0.6) is 6.01 Å². The number of nitrogen functional groups attached to an aromatic ring is 1. The summed E-state index contributed by atoms with van der Waals surface area (Å²) in [5.74, 6) is -1.53. The van der Waals surface area contributed by atoms with E-state index in [2.05, 4.69) is 35.6 Å². The average Bonchev–Trinajstić information content (AvgIpc) is 3.48. The summed E-state index contributed by atoms with van der Waals surface area (Å²) in [5.41, 5.74) is 4.35. The van der Waals surface area contributed by atoms with Gasteiger partial charge in [0, 0.05) is 0 Å². The van der Waals surface area contributed by atoms with E-state index in [-0.39, 0.29) is 28.8 Å². The van der Waals surface area contributed by atoms with Gasteiger partial charge < -0.3 is 35.3 Å². The fourth-order valence-electron chi connectivity index (χ4n) is 3.13. The minimum Gasteiger partial charge on any atom is -0.479 e. The smallest absolute Gasteiger partial charge is 0.343 e. The zero-order valence-electron chi connectivity index (χ0n) is 16.3. The van der Waals surface area contributed by atoms with Gasteiger partial charge in [0.2, 0.25) is 11.4 Å². The number of imidazole rings is 1. The van der Waals surface area contributed by atoms with Crippen LogP contribution in [0, 0.1) is 0 Å². The molecule has 0 bridgehead atoms. The lowest BCUT2D eigenvalue weighted by atomic mass is 10.1. The van der Waals surface area contributed by atoms with Gasteiger partial charge in [-0.05, 0) is 6.92 Å². The van der Waals surface area contributed by atoms with Crippen molar-refractivity contribution in [1.82, 2.24) is 40.1 Å². The molecule has 3 aromatic heterocycles. The summed E-state index contributed by atoms with van der Waals surface area (Å²) in [6.07, 6.45) is -3.71. The number of fused-ring (bicyclic) bond motifs is 1. The monoisotopic (exact) mass is 437 g/mol. The largest absolute Gasteiger partial charge is 0.479 e. The number of anilines is 1. The number of carboxylic acids is 1. The molecule has 6 N–H and O–H groups in total. The SMILES string of the molecule is COc1nc(N)c2ncn([C@@H]3O[C@H](COC(C)(C(=O)O)c4nn[nH]n4)[C@@H](O)[C@H]3O)c2n1. The molecular weight excluding hydrogens is 418 g/mol. The number of hydrogen-bond acceptors (Lipinski definition) is 13. The van der Waals surface area contributed by atoms with E-state index in [0.717, 1.165) is 0 Å². The van der Waals surface area contributed by atoms with Crippen molar-refractivity contribution in [3.8, 4) is 6.01 Å². The first kappa shape index (κ1) is 20.8. The Hall–Kier alpha value is -3.47. The van der Waals surface area contributed by atoms with Gasteiger partial charge in [-0.1, -0.05) is 5.21 Å². The molecular formula is C15H19N9O7. The van der Waals surface area contributed by atoms with Crippen molar-refractivity contribution in [2.75, 3.05) is 19.5 Å². The number of carbonyl (C=O) groups is 1. The Morgan fingerprint density at radius 3 is 2.81 bits per heavy atom. The van der Waals surface area contributed by atoms with Gasteiger partial charge in [0.1, 0.15) is 18.3 Å². The molecule has 1 saturated heterocycles. The summed E-state index contributed by atoms with van der Waals surface area (Å²) in [5, 5.41) is 43.3. The first-order chi connectivity index (χ1) is 14.8. The molecule has 1 fully saturated rings. The summed E-state index contributed by atoms with van der Waals surface area (Å²) < 4.78 is 17.6. The summed E-state index contributed by atoms with van der Waals surface area (Å²) in [7, 11) is 1.36. The molecule has 1 aliphatic heterocycles. The van der Waals surface area contributed by atoms with Gasteiger partial charge in [0.05, 0.1) is 20.0 Å². The maximum absolute atomic E-state index is 11.7. The van der Waals surface area contributed by atoms with Crippen LogP contribution in [0.15, 0.2) is 6.33 Å². The quantitative estimate of drug-likeness (QED) is 0.259. The second-order valence-corrected chi connectivity index (χ2v) is 6.85. The number of methoxy groups -OCH3 is 1. The molecule has 4 rings (SSSR count). The van der Waals surface area contributed by atoms with Crippen molar-refractivity contribution in [2.24, 2.45) is 0 Å². The number of aromatic nitrogens is 8. The Kier molecular flexibility index (Phi) is 5.13. The highest BCUT2D eigenvalue weighted by Crippen LogP contribution is 2.34. The second kappa shape index (κ2) is 7.65. The Bertz CT molecular complexity index is 1090. The second-order valence-electron chi connectivity index (χ2n) is 6.85. The summed E-state index contributed by atoms with van der Waals surface area (Å²) in [6, 6.07) is -0.0167. The maximum Gasteiger partial charge on any atom is 0.343 e. The highest BCUT2D eigenvalue weighted by atomic mass is 16.6. The minimum absolute atomic E-state index is 0.0167. The van der Waals surface area contributed by atoms with Crippen molar-refractivity contribution in [3.63, 3.8) is 0 Å². The van der Waals surface area contributed by atoms with Crippen LogP contribution < -0.4 is 10.5 Å². The summed E-state index contributed by atoms with van der Waals surface area (Å²) in [4.78, 5) is 23.9. The topological polar surface area (TPSA) is 230 Å². The molecule has 1 unspecified atom stereocenters. The van der Waals surface area contributed by atoms with Gasteiger partial charge in [-0.15, -0.1) is 10.2 Å². The molecule has 0 aromatic carbocycles.